The summed E-state index contributed by atoms with van der Waals surface area (Å²) < 4.78 is 0. The first-order valence-corrected chi connectivity index (χ1v) is 4.76. The van der Waals surface area contributed by atoms with Crippen molar-refractivity contribution in [1.29, 1.82) is 0 Å². The lowest BCUT2D eigenvalue weighted by Gasteiger charge is -2.07. The average molecular weight is 209 g/mol. The van der Waals surface area contributed by atoms with E-state index in [1.54, 1.807) is 26.0 Å². The van der Waals surface area contributed by atoms with Crippen molar-refractivity contribution in [2.75, 3.05) is 6.54 Å². The molecule has 1 amide bonds. The van der Waals surface area contributed by atoms with E-state index in [2.05, 4.69) is 5.32 Å². The number of phenolic OH excluding ortho intramolecular Hbond substituents is 1. The van der Waals surface area contributed by atoms with Crippen LogP contribution in [-0.4, -0.2) is 28.8 Å². The van der Waals surface area contributed by atoms with Crippen molar-refractivity contribution in [1.82, 2.24) is 5.32 Å². The minimum absolute atomic E-state index is 0.0969. The quantitative estimate of drug-likeness (QED) is 0.690. The highest BCUT2D eigenvalue weighted by atomic mass is 16.3. The zero-order valence-electron chi connectivity index (χ0n) is 8.82. The maximum absolute atomic E-state index is 11.5. The molecule has 0 aliphatic rings. The van der Waals surface area contributed by atoms with Gasteiger partial charge in [-0.25, -0.2) is 0 Å². The molecule has 0 radical (unpaired) electrons. The maximum Gasteiger partial charge on any atom is 0.251 e. The molecule has 0 fully saturated rings. The van der Waals surface area contributed by atoms with Crippen molar-refractivity contribution >= 4 is 5.91 Å². The van der Waals surface area contributed by atoms with Gasteiger partial charge in [0.2, 0.25) is 0 Å². The molecule has 3 N–H and O–H groups in total. The van der Waals surface area contributed by atoms with Gasteiger partial charge in [-0.15, -0.1) is 0 Å². The van der Waals surface area contributed by atoms with Gasteiger partial charge in [0, 0.05) is 12.1 Å². The number of carbonyl (C=O) groups excluding carboxylic acids is 1. The molecule has 0 spiro atoms. The average Bonchev–Trinajstić information content (AvgIpc) is 2.18. The fraction of sp³-hybridized carbons (Fsp3) is 0.364. The number of hydrogen-bond donors (Lipinski definition) is 3. The summed E-state index contributed by atoms with van der Waals surface area (Å²) in [5.74, 6) is -0.203. The van der Waals surface area contributed by atoms with Gasteiger partial charge in [0.25, 0.3) is 5.91 Å². The SMILES string of the molecule is Cc1ccc(C(=O)NC[C@@H](C)O)cc1O. The number of nitrogens with one attached hydrogen (secondary N) is 1. The summed E-state index contributed by atoms with van der Waals surface area (Å²) in [6, 6.07) is 4.71. The minimum atomic E-state index is -0.576. The van der Waals surface area contributed by atoms with Crippen molar-refractivity contribution in [3.8, 4) is 5.75 Å². The van der Waals surface area contributed by atoms with E-state index in [-0.39, 0.29) is 18.2 Å². The summed E-state index contributed by atoms with van der Waals surface area (Å²) in [5, 5.41) is 20.9. The molecule has 1 aromatic rings. The van der Waals surface area contributed by atoms with Gasteiger partial charge < -0.3 is 15.5 Å². The molecule has 0 unspecified atom stereocenters. The standard InChI is InChI=1S/C11H15NO3/c1-7-3-4-9(5-10(7)14)11(15)12-6-8(2)13/h3-5,8,13-14H,6H2,1-2H3,(H,12,15)/t8-/m1/s1. The number of phenols is 1. The molecule has 1 atom stereocenters. The summed E-state index contributed by atoms with van der Waals surface area (Å²) in [6.07, 6.45) is -0.576. The largest absolute Gasteiger partial charge is 0.508 e. The molecule has 1 aromatic carbocycles. The number of rotatable bonds is 3. The van der Waals surface area contributed by atoms with E-state index in [1.807, 2.05) is 0 Å². The highest BCUT2D eigenvalue weighted by molar-refractivity contribution is 5.94. The predicted octanol–water partition coefficient (Wildman–Crippen LogP) is 0.811. The van der Waals surface area contributed by atoms with E-state index in [0.29, 0.717) is 5.56 Å². The summed E-state index contributed by atoms with van der Waals surface area (Å²) in [7, 11) is 0. The number of aromatic hydroxyl groups is 1. The molecule has 0 aromatic heterocycles. The number of aryl methyl sites for hydroxylation is 1. The van der Waals surface area contributed by atoms with Crippen LogP contribution in [0, 0.1) is 6.92 Å². The third kappa shape index (κ3) is 3.25. The molecule has 0 saturated heterocycles. The first-order valence-electron chi connectivity index (χ1n) is 4.76. The van der Waals surface area contributed by atoms with Crippen LogP contribution in [0.25, 0.3) is 0 Å². The number of aliphatic hydroxyl groups is 1. The van der Waals surface area contributed by atoms with E-state index in [0.717, 1.165) is 5.56 Å². The van der Waals surface area contributed by atoms with Crippen molar-refractivity contribution < 1.29 is 15.0 Å². The van der Waals surface area contributed by atoms with Crippen LogP contribution in [0.3, 0.4) is 0 Å². The van der Waals surface area contributed by atoms with E-state index in [9.17, 15) is 9.90 Å². The molecule has 15 heavy (non-hydrogen) atoms. The Kier molecular flexibility index (Phi) is 3.68. The van der Waals surface area contributed by atoms with Crippen LogP contribution in [-0.2, 0) is 0 Å². The fourth-order valence-electron chi connectivity index (χ4n) is 1.09. The second-order valence-electron chi connectivity index (χ2n) is 3.56. The Hall–Kier alpha value is -1.55. The van der Waals surface area contributed by atoms with E-state index < -0.39 is 6.10 Å². The molecular weight excluding hydrogens is 194 g/mol. The van der Waals surface area contributed by atoms with Gasteiger partial charge in [-0.3, -0.25) is 4.79 Å². The Bertz CT molecular complexity index is 361. The van der Waals surface area contributed by atoms with E-state index in [4.69, 9.17) is 5.11 Å². The van der Waals surface area contributed by atoms with Gasteiger partial charge in [0.1, 0.15) is 5.75 Å². The van der Waals surface area contributed by atoms with Crippen LogP contribution in [0.5, 0.6) is 5.75 Å². The van der Waals surface area contributed by atoms with Crippen LogP contribution in [0.4, 0.5) is 0 Å². The molecular formula is C11H15NO3. The third-order valence-corrected chi connectivity index (χ3v) is 2.03. The normalized spacial score (nSPS) is 12.2. The highest BCUT2D eigenvalue weighted by Crippen LogP contribution is 2.17. The Morgan fingerprint density at radius 3 is 2.73 bits per heavy atom. The minimum Gasteiger partial charge on any atom is -0.508 e. The number of aliphatic hydroxyl groups excluding tert-OH is 1. The van der Waals surface area contributed by atoms with Crippen LogP contribution in [0.1, 0.15) is 22.8 Å². The lowest BCUT2D eigenvalue weighted by Crippen LogP contribution is -2.30. The van der Waals surface area contributed by atoms with Gasteiger partial charge >= 0.3 is 0 Å². The van der Waals surface area contributed by atoms with Gasteiger partial charge in [-0.2, -0.15) is 0 Å². The Morgan fingerprint density at radius 1 is 1.53 bits per heavy atom. The van der Waals surface area contributed by atoms with Crippen LogP contribution in [0.2, 0.25) is 0 Å². The van der Waals surface area contributed by atoms with Crippen molar-refractivity contribution in [2.45, 2.75) is 20.0 Å². The van der Waals surface area contributed by atoms with Gasteiger partial charge in [0.15, 0.2) is 0 Å². The second kappa shape index (κ2) is 4.79. The van der Waals surface area contributed by atoms with Crippen LogP contribution >= 0.6 is 0 Å². The highest BCUT2D eigenvalue weighted by Gasteiger charge is 2.07. The molecule has 0 saturated carbocycles. The summed E-state index contributed by atoms with van der Waals surface area (Å²) in [6.45, 7) is 3.55. The topological polar surface area (TPSA) is 69.6 Å². The Labute approximate surface area is 88.6 Å². The monoisotopic (exact) mass is 209 g/mol. The zero-order valence-corrected chi connectivity index (χ0v) is 8.82. The molecule has 0 heterocycles. The maximum atomic E-state index is 11.5. The fourth-order valence-corrected chi connectivity index (χ4v) is 1.09. The lowest BCUT2D eigenvalue weighted by molar-refractivity contribution is 0.0923. The third-order valence-electron chi connectivity index (χ3n) is 2.03. The predicted molar refractivity (Wildman–Crippen MR) is 56.9 cm³/mol. The molecule has 82 valence electrons. The number of benzene rings is 1. The van der Waals surface area contributed by atoms with Crippen molar-refractivity contribution in [3.05, 3.63) is 29.3 Å². The first-order chi connectivity index (χ1) is 7.00. The lowest BCUT2D eigenvalue weighted by atomic mass is 10.1. The first kappa shape index (κ1) is 11.5. The smallest absolute Gasteiger partial charge is 0.251 e. The second-order valence-corrected chi connectivity index (χ2v) is 3.56. The Morgan fingerprint density at radius 2 is 2.20 bits per heavy atom. The summed E-state index contributed by atoms with van der Waals surface area (Å²) >= 11 is 0. The molecule has 1 rings (SSSR count). The number of amides is 1. The molecule has 0 aliphatic carbocycles. The van der Waals surface area contributed by atoms with Crippen LogP contribution < -0.4 is 5.32 Å². The van der Waals surface area contributed by atoms with Gasteiger partial charge in [0.05, 0.1) is 6.10 Å². The summed E-state index contributed by atoms with van der Waals surface area (Å²) in [5.41, 5.74) is 1.11. The van der Waals surface area contributed by atoms with Crippen molar-refractivity contribution in [3.63, 3.8) is 0 Å². The van der Waals surface area contributed by atoms with Gasteiger partial charge in [-0.1, -0.05) is 6.07 Å². The molecule has 4 nitrogen and oxygen atoms in total. The van der Waals surface area contributed by atoms with E-state index >= 15 is 0 Å². The van der Waals surface area contributed by atoms with Gasteiger partial charge in [-0.05, 0) is 31.5 Å². The van der Waals surface area contributed by atoms with E-state index in [1.165, 1.54) is 6.07 Å². The zero-order chi connectivity index (χ0) is 11.4. The molecule has 0 bridgehead atoms. The number of carbonyl (C=O) groups is 1. The number of hydrogen-bond acceptors (Lipinski definition) is 3. The van der Waals surface area contributed by atoms with Crippen LogP contribution in [0.15, 0.2) is 18.2 Å². The van der Waals surface area contributed by atoms with Crippen molar-refractivity contribution in [2.24, 2.45) is 0 Å². The summed E-state index contributed by atoms with van der Waals surface area (Å²) in [4.78, 5) is 11.5. The molecule has 4 heteroatoms. The Balaban J connectivity index is 2.70. The molecule has 0 aliphatic heterocycles.